The lowest BCUT2D eigenvalue weighted by Crippen LogP contribution is -2.03. The first-order chi connectivity index (χ1) is 2.81. The summed E-state index contributed by atoms with van der Waals surface area (Å²) in [5, 5.41) is 0. The number of nitrogens with zero attached hydrogens (tertiary/aromatic N) is 1. The van der Waals surface area contributed by atoms with Crippen molar-refractivity contribution in [3.8, 4) is 0 Å². The van der Waals surface area contributed by atoms with E-state index in [1.807, 2.05) is 0 Å². The molecule has 0 aromatic heterocycles. The Kier molecular flexibility index (Phi) is 2.88. The number of ether oxygens (including phenoxy) is 1. The normalized spacial score (nSPS) is 7.67. The predicted octanol–water partition coefficient (Wildman–Crippen LogP) is 0.202. The van der Waals surface area contributed by atoms with Crippen LogP contribution in [0.3, 0.4) is 0 Å². The fraction of sp³-hybridized carbons (Fsp3) is 0.500. The van der Waals surface area contributed by atoms with Crippen molar-refractivity contribution in [2.45, 2.75) is 0 Å². The Morgan fingerprint density at radius 1 is 2.00 bits per heavy atom. The summed E-state index contributed by atoms with van der Waals surface area (Å²) in [6.45, 7) is 0. The number of thiol groups is 1. The third-order valence-electron chi connectivity index (χ3n) is 0.256. The van der Waals surface area contributed by atoms with E-state index < -0.39 is 6.09 Å². The van der Waals surface area contributed by atoms with E-state index in [-0.39, 0.29) is 0 Å². The van der Waals surface area contributed by atoms with Gasteiger partial charge in [0.25, 0.3) is 4.72 Å². The Hall–Kier alpha value is -0.220. The average molecular weight is 106 g/mol. The number of hydrogen-bond donors (Lipinski definition) is 1. The van der Waals surface area contributed by atoms with Crippen LogP contribution in [-0.4, -0.2) is 13.2 Å². The van der Waals surface area contributed by atoms with Crippen molar-refractivity contribution in [1.29, 1.82) is 0 Å². The second-order valence-electron chi connectivity index (χ2n) is 0.570. The van der Waals surface area contributed by atoms with Crippen LogP contribution in [0.2, 0.25) is 0 Å². The largest absolute Gasteiger partial charge is 0.645 e. The second-order valence-corrected chi connectivity index (χ2v) is 0.770. The van der Waals surface area contributed by atoms with E-state index in [4.69, 9.17) is 0 Å². The van der Waals surface area contributed by atoms with Gasteiger partial charge in [0.1, 0.15) is 0 Å². The summed E-state index contributed by atoms with van der Waals surface area (Å²) in [4.78, 5) is 9.72. The number of rotatable bonds is 0. The Morgan fingerprint density at radius 2 is 2.50 bits per heavy atom. The third kappa shape index (κ3) is 2.04. The van der Waals surface area contributed by atoms with Gasteiger partial charge in [-0.15, -0.1) is 0 Å². The van der Waals surface area contributed by atoms with Crippen molar-refractivity contribution >= 4 is 18.9 Å². The minimum Gasteiger partial charge on any atom is -0.414 e. The topological polar surface area (TPSA) is 40.4 Å². The average Bonchev–Trinajstić information content (AvgIpc) is 1.65. The fourth-order valence-corrected chi connectivity index (χ4v) is 0.122. The molecule has 0 unspecified atom stereocenters. The van der Waals surface area contributed by atoms with Crippen molar-refractivity contribution in [2.75, 3.05) is 7.11 Å². The van der Waals surface area contributed by atoms with E-state index in [9.17, 15) is 4.79 Å². The number of carbonyl (C=O) groups excluding carboxylic acids is 1. The van der Waals surface area contributed by atoms with Crippen LogP contribution in [0, 0.1) is 0 Å². The summed E-state index contributed by atoms with van der Waals surface area (Å²) in [5.41, 5.74) is 0. The summed E-state index contributed by atoms with van der Waals surface area (Å²) in [6, 6.07) is 0. The molecule has 0 aliphatic carbocycles. The maximum atomic E-state index is 9.72. The Bertz CT molecular complexity index is 49.5. The molecule has 4 heteroatoms. The summed E-state index contributed by atoms with van der Waals surface area (Å²) in [7, 11) is 1.24. The molecule has 3 nitrogen and oxygen atoms in total. The van der Waals surface area contributed by atoms with Gasteiger partial charge in [-0.3, -0.25) is 0 Å². The Labute approximate surface area is 41.2 Å². The van der Waals surface area contributed by atoms with Crippen molar-refractivity contribution in [3.63, 3.8) is 0 Å². The predicted molar refractivity (Wildman–Crippen MR) is 23.5 cm³/mol. The first-order valence-electron chi connectivity index (χ1n) is 1.24. The minimum atomic E-state index is -0.668. The highest BCUT2D eigenvalue weighted by molar-refractivity contribution is 7.78. The van der Waals surface area contributed by atoms with Crippen LogP contribution in [0.4, 0.5) is 4.79 Å². The van der Waals surface area contributed by atoms with Crippen molar-refractivity contribution < 1.29 is 9.53 Å². The zero-order valence-electron chi connectivity index (χ0n) is 3.21. The van der Waals surface area contributed by atoms with E-state index >= 15 is 0 Å². The van der Waals surface area contributed by atoms with Gasteiger partial charge < -0.3 is 4.74 Å². The summed E-state index contributed by atoms with van der Waals surface area (Å²) in [5.74, 6) is 0. The Balaban J connectivity index is 2.99. The van der Waals surface area contributed by atoms with Gasteiger partial charge in [0.2, 0.25) is 12.8 Å². The van der Waals surface area contributed by atoms with Gasteiger partial charge in [-0.1, -0.05) is 0 Å². The zero-order chi connectivity index (χ0) is 4.99. The number of methoxy groups -OCH3 is 1. The third-order valence-corrected chi connectivity index (χ3v) is 0.420. The highest BCUT2D eigenvalue weighted by atomic mass is 32.1. The summed E-state index contributed by atoms with van der Waals surface area (Å²) >= 11 is 3.25. The van der Waals surface area contributed by atoms with E-state index in [1.165, 1.54) is 7.11 Å². The quantitative estimate of drug-likeness (QED) is 0.448. The SMILES string of the molecule is COC(=O)[N+]S. The zero-order valence-corrected chi connectivity index (χ0v) is 4.11. The lowest BCUT2D eigenvalue weighted by Gasteiger charge is -1.71. The first-order valence-corrected chi connectivity index (χ1v) is 1.64. The molecular formula is C2H4NO2S+. The lowest BCUT2D eigenvalue weighted by molar-refractivity contribution is 0.178. The van der Waals surface area contributed by atoms with E-state index in [2.05, 4.69) is 22.3 Å². The van der Waals surface area contributed by atoms with Gasteiger partial charge in [0.15, 0.2) is 0 Å². The van der Waals surface area contributed by atoms with Crippen molar-refractivity contribution in [3.05, 3.63) is 0 Å². The first kappa shape index (κ1) is 5.78. The number of carbonyl (C=O) groups is 1. The molecule has 0 saturated heterocycles. The molecule has 0 aliphatic heterocycles. The molecule has 1 amide bonds. The van der Waals surface area contributed by atoms with Gasteiger partial charge >= 0.3 is 6.09 Å². The van der Waals surface area contributed by atoms with E-state index in [1.54, 1.807) is 0 Å². The molecule has 0 aromatic rings. The monoisotopic (exact) mass is 106 g/mol. The molecule has 0 atom stereocenters. The molecule has 0 saturated carbocycles. The van der Waals surface area contributed by atoms with Gasteiger partial charge in [0, 0.05) is 0 Å². The van der Waals surface area contributed by atoms with Crippen LogP contribution in [0.25, 0.3) is 0 Å². The highest BCUT2D eigenvalue weighted by Gasteiger charge is 2.11. The van der Waals surface area contributed by atoms with Crippen LogP contribution < -0.4 is 4.72 Å². The van der Waals surface area contributed by atoms with E-state index in [0.717, 1.165) is 0 Å². The molecular weight excluding hydrogens is 102 g/mol. The molecule has 0 spiro atoms. The molecule has 2 radical (unpaired) electrons. The van der Waals surface area contributed by atoms with Crippen LogP contribution in [0.5, 0.6) is 0 Å². The molecule has 0 bridgehead atoms. The van der Waals surface area contributed by atoms with Crippen LogP contribution in [0.15, 0.2) is 0 Å². The van der Waals surface area contributed by atoms with Crippen molar-refractivity contribution in [1.82, 2.24) is 4.72 Å². The molecule has 34 valence electrons. The van der Waals surface area contributed by atoms with Crippen LogP contribution in [0.1, 0.15) is 0 Å². The molecule has 0 aliphatic rings. The standard InChI is InChI=1S/C2H4NO2S/c1-5-2(4)3-6/h6H,1H3/q+1. The van der Waals surface area contributed by atoms with Gasteiger partial charge in [-0.2, -0.15) is 4.79 Å². The summed E-state index contributed by atoms with van der Waals surface area (Å²) in [6.07, 6.45) is -0.668. The van der Waals surface area contributed by atoms with Gasteiger partial charge in [0.05, 0.1) is 7.11 Å². The fourth-order valence-electron chi connectivity index (χ4n) is 0.0408. The highest BCUT2D eigenvalue weighted by Crippen LogP contribution is 1.72. The van der Waals surface area contributed by atoms with Crippen molar-refractivity contribution in [2.24, 2.45) is 0 Å². The lowest BCUT2D eigenvalue weighted by atomic mass is 11.2. The maximum absolute atomic E-state index is 9.72. The molecule has 0 N–H and O–H groups in total. The molecule has 0 rings (SSSR count). The van der Waals surface area contributed by atoms with E-state index in [0.29, 0.717) is 0 Å². The maximum Gasteiger partial charge on any atom is 0.645 e. The summed E-state index contributed by atoms with van der Waals surface area (Å²) < 4.78 is 6.86. The second kappa shape index (κ2) is 2.99. The molecule has 6 heavy (non-hydrogen) atoms. The molecule has 0 heterocycles. The number of hydrogen-bond acceptors (Lipinski definition) is 3. The minimum absolute atomic E-state index is 0.668. The smallest absolute Gasteiger partial charge is 0.414 e. The van der Waals surface area contributed by atoms with Crippen LogP contribution >= 0.6 is 12.8 Å². The van der Waals surface area contributed by atoms with Gasteiger partial charge in [-0.25, -0.2) is 0 Å². The van der Waals surface area contributed by atoms with Crippen LogP contribution in [-0.2, 0) is 4.74 Å². The molecule has 0 fully saturated rings. The number of amides is 1. The molecule has 0 aromatic carbocycles. The Morgan fingerprint density at radius 3 is 2.50 bits per heavy atom. The van der Waals surface area contributed by atoms with Gasteiger partial charge in [-0.05, 0) is 0 Å².